The fraction of sp³-hybridized carbons (Fsp3) is 0.455. The number of thioether (sulfide) groups is 1. The molecule has 0 aromatic heterocycles. The molecule has 1 aromatic carbocycles. The van der Waals surface area contributed by atoms with E-state index in [2.05, 4.69) is 32.0 Å². The second-order valence-corrected chi connectivity index (χ2v) is 4.36. The number of rotatable bonds is 4. The molecule has 0 saturated heterocycles. The summed E-state index contributed by atoms with van der Waals surface area (Å²) in [7, 11) is 0. The van der Waals surface area contributed by atoms with Crippen molar-refractivity contribution in [3.05, 3.63) is 23.8 Å². The third-order valence-electron chi connectivity index (χ3n) is 1.91. The molecule has 0 amide bonds. The fourth-order valence-electron chi connectivity index (χ4n) is 1.33. The molecule has 1 aromatic rings. The van der Waals surface area contributed by atoms with E-state index in [0.29, 0.717) is 0 Å². The molecular formula is C11H17NS. The minimum Gasteiger partial charge on any atom is -0.398 e. The molecule has 0 aliphatic heterocycles. The lowest BCUT2D eigenvalue weighted by atomic mass is 10.1. The maximum absolute atomic E-state index is 5.92. The summed E-state index contributed by atoms with van der Waals surface area (Å²) in [6.07, 6.45) is 2.31. The molecule has 0 spiro atoms. The SMILES string of the molecule is CCCc1ccc(SCC)c(N)c1. The molecule has 2 heteroatoms. The molecule has 0 aliphatic carbocycles. The van der Waals surface area contributed by atoms with Crippen LogP contribution in [0.2, 0.25) is 0 Å². The van der Waals surface area contributed by atoms with E-state index in [-0.39, 0.29) is 0 Å². The third-order valence-corrected chi connectivity index (χ3v) is 2.88. The summed E-state index contributed by atoms with van der Waals surface area (Å²) in [5, 5.41) is 0. The van der Waals surface area contributed by atoms with Gasteiger partial charge in [-0.1, -0.05) is 26.3 Å². The van der Waals surface area contributed by atoms with Crippen molar-refractivity contribution in [1.82, 2.24) is 0 Å². The summed E-state index contributed by atoms with van der Waals surface area (Å²) in [5.41, 5.74) is 8.19. The molecule has 0 saturated carbocycles. The first-order valence-corrected chi connectivity index (χ1v) is 5.77. The van der Waals surface area contributed by atoms with E-state index in [1.807, 2.05) is 0 Å². The number of anilines is 1. The van der Waals surface area contributed by atoms with Crippen LogP contribution in [0.5, 0.6) is 0 Å². The Hall–Kier alpha value is -0.630. The van der Waals surface area contributed by atoms with E-state index in [1.165, 1.54) is 16.9 Å². The number of aryl methyl sites for hydroxylation is 1. The average molecular weight is 195 g/mol. The van der Waals surface area contributed by atoms with E-state index in [1.54, 1.807) is 11.8 Å². The Labute approximate surface area is 84.7 Å². The highest BCUT2D eigenvalue weighted by Crippen LogP contribution is 2.25. The molecule has 72 valence electrons. The summed E-state index contributed by atoms with van der Waals surface area (Å²) in [6, 6.07) is 6.41. The largest absolute Gasteiger partial charge is 0.398 e. The summed E-state index contributed by atoms with van der Waals surface area (Å²) in [5.74, 6) is 1.08. The van der Waals surface area contributed by atoms with Gasteiger partial charge in [0, 0.05) is 10.6 Å². The van der Waals surface area contributed by atoms with Gasteiger partial charge in [0.25, 0.3) is 0 Å². The Bertz CT molecular complexity index is 271. The quantitative estimate of drug-likeness (QED) is 0.589. The van der Waals surface area contributed by atoms with E-state index in [4.69, 9.17) is 5.73 Å². The Morgan fingerprint density at radius 2 is 2.08 bits per heavy atom. The summed E-state index contributed by atoms with van der Waals surface area (Å²) in [4.78, 5) is 1.21. The molecule has 0 atom stereocenters. The van der Waals surface area contributed by atoms with E-state index < -0.39 is 0 Å². The topological polar surface area (TPSA) is 26.0 Å². The van der Waals surface area contributed by atoms with Crippen molar-refractivity contribution < 1.29 is 0 Å². The van der Waals surface area contributed by atoms with Crippen LogP contribution in [0.15, 0.2) is 23.1 Å². The van der Waals surface area contributed by atoms with Crippen LogP contribution in [0.3, 0.4) is 0 Å². The fourth-order valence-corrected chi connectivity index (χ4v) is 2.03. The Kier molecular flexibility index (Phi) is 4.16. The Morgan fingerprint density at radius 3 is 2.62 bits per heavy atom. The second kappa shape index (κ2) is 5.18. The van der Waals surface area contributed by atoms with Crippen molar-refractivity contribution >= 4 is 17.4 Å². The number of hydrogen-bond donors (Lipinski definition) is 1. The Balaban J connectivity index is 2.79. The second-order valence-electron chi connectivity index (χ2n) is 3.06. The predicted octanol–water partition coefficient (Wildman–Crippen LogP) is 3.33. The summed E-state index contributed by atoms with van der Waals surface area (Å²) < 4.78 is 0. The van der Waals surface area contributed by atoms with Crippen molar-refractivity contribution in [1.29, 1.82) is 0 Å². The first-order chi connectivity index (χ1) is 6.27. The van der Waals surface area contributed by atoms with Gasteiger partial charge in [0.2, 0.25) is 0 Å². The van der Waals surface area contributed by atoms with Gasteiger partial charge in [-0.2, -0.15) is 0 Å². The standard InChI is InChI=1S/C11H17NS/c1-3-5-9-6-7-11(13-4-2)10(12)8-9/h6-8H,3-5,12H2,1-2H3. The molecular weight excluding hydrogens is 178 g/mol. The van der Waals surface area contributed by atoms with Gasteiger partial charge in [0.15, 0.2) is 0 Å². The molecule has 0 bridgehead atoms. The van der Waals surface area contributed by atoms with Gasteiger partial charge in [0.1, 0.15) is 0 Å². The van der Waals surface area contributed by atoms with Crippen molar-refractivity contribution in [2.45, 2.75) is 31.6 Å². The molecule has 0 radical (unpaired) electrons. The molecule has 0 fully saturated rings. The van der Waals surface area contributed by atoms with Crippen LogP contribution < -0.4 is 5.73 Å². The molecule has 1 nitrogen and oxygen atoms in total. The molecule has 0 heterocycles. The van der Waals surface area contributed by atoms with Gasteiger partial charge in [-0.15, -0.1) is 11.8 Å². The van der Waals surface area contributed by atoms with Crippen molar-refractivity contribution in [3.8, 4) is 0 Å². The average Bonchev–Trinajstić information content (AvgIpc) is 2.10. The highest BCUT2D eigenvalue weighted by Gasteiger charge is 1.99. The number of nitrogens with two attached hydrogens (primary N) is 1. The molecule has 1 rings (SSSR count). The highest BCUT2D eigenvalue weighted by atomic mass is 32.2. The van der Waals surface area contributed by atoms with Gasteiger partial charge in [-0.05, 0) is 29.9 Å². The van der Waals surface area contributed by atoms with Crippen LogP contribution in [-0.4, -0.2) is 5.75 Å². The smallest absolute Gasteiger partial charge is 0.0454 e. The van der Waals surface area contributed by atoms with Crippen LogP contribution in [0.25, 0.3) is 0 Å². The van der Waals surface area contributed by atoms with Gasteiger partial charge in [-0.3, -0.25) is 0 Å². The summed E-state index contributed by atoms with van der Waals surface area (Å²) in [6.45, 7) is 4.33. The van der Waals surface area contributed by atoms with Crippen LogP contribution in [-0.2, 0) is 6.42 Å². The number of nitrogen functional groups attached to an aromatic ring is 1. The number of benzene rings is 1. The maximum atomic E-state index is 5.92. The highest BCUT2D eigenvalue weighted by molar-refractivity contribution is 7.99. The first-order valence-electron chi connectivity index (χ1n) is 4.79. The maximum Gasteiger partial charge on any atom is 0.0454 e. The minimum atomic E-state index is 0.929. The van der Waals surface area contributed by atoms with E-state index in [0.717, 1.165) is 17.9 Å². The van der Waals surface area contributed by atoms with Crippen LogP contribution >= 0.6 is 11.8 Å². The molecule has 0 unspecified atom stereocenters. The Morgan fingerprint density at radius 1 is 1.31 bits per heavy atom. The molecule has 13 heavy (non-hydrogen) atoms. The van der Waals surface area contributed by atoms with E-state index >= 15 is 0 Å². The monoisotopic (exact) mass is 195 g/mol. The van der Waals surface area contributed by atoms with E-state index in [9.17, 15) is 0 Å². The zero-order valence-electron chi connectivity index (χ0n) is 8.34. The van der Waals surface area contributed by atoms with Crippen molar-refractivity contribution in [3.63, 3.8) is 0 Å². The van der Waals surface area contributed by atoms with Gasteiger partial charge in [0.05, 0.1) is 0 Å². The zero-order valence-corrected chi connectivity index (χ0v) is 9.16. The lowest BCUT2D eigenvalue weighted by Crippen LogP contribution is -1.91. The predicted molar refractivity (Wildman–Crippen MR) is 61.2 cm³/mol. The lowest BCUT2D eigenvalue weighted by Gasteiger charge is -2.05. The van der Waals surface area contributed by atoms with Gasteiger partial charge >= 0.3 is 0 Å². The van der Waals surface area contributed by atoms with Gasteiger partial charge < -0.3 is 5.73 Å². The summed E-state index contributed by atoms with van der Waals surface area (Å²) >= 11 is 1.80. The third kappa shape index (κ3) is 2.96. The first kappa shape index (κ1) is 10.5. The zero-order chi connectivity index (χ0) is 9.68. The molecule has 0 aliphatic rings. The van der Waals surface area contributed by atoms with Crippen LogP contribution in [0.1, 0.15) is 25.8 Å². The van der Waals surface area contributed by atoms with Crippen molar-refractivity contribution in [2.24, 2.45) is 0 Å². The van der Waals surface area contributed by atoms with Gasteiger partial charge in [-0.25, -0.2) is 0 Å². The minimum absolute atomic E-state index is 0.929. The van der Waals surface area contributed by atoms with Crippen LogP contribution in [0, 0.1) is 0 Å². The molecule has 2 N–H and O–H groups in total. The lowest BCUT2D eigenvalue weighted by molar-refractivity contribution is 0.921. The number of hydrogen-bond acceptors (Lipinski definition) is 2. The van der Waals surface area contributed by atoms with Crippen molar-refractivity contribution in [2.75, 3.05) is 11.5 Å². The van der Waals surface area contributed by atoms with Crippen LogP contribution in [0.4, 0.5) is 5.69 Å². The normalized spacial score (nSPS) is 10.3.